The van der Waals surface area contributed by atoms with Crippen molar-refractivity contribution in [1.82, 2.24) is 4.90 Å². The molecule has 0 N–H and O–H groups in total. The molecule has 2 aliphatic heterocycles. The lowest BCUT2D eigenvalue weighted by Crippen LogP contribution is -2.60. The van der Waals surface area contributed by atoms with Crippen molar-refractivity contribution < 1.29 is 23.9 Å². The van der Waals surface area contributed by atoms with Crippen LogP contribution in [0.25, 0.3) is 0 Å². The van der Waals surface area contributed by atoms with Crippen LogP contribution < -0.4 is 5.01 Å². The number of carbonyl (C=O) groups excluding carboxylic acids is 3. The summed E-state index contributed by atoms with van der Waals surface area (Å²) in [4.78, 5) is 44.1. The Morgan fingerprint density at radius 3 is 2.00 bits per heavy atom. The van der Waals surface area contributed by atoms with Gasteiger partial charge in [-0.3, -0.25) is 4.79 Å². The van der Waals surface area contributed by atoms with Gasteiger partial charge in [-0.1, -0.05) is 78.9 Å². The number of esters is 2. The highest BCUT2D eigenvalue weighted by molar-refractivity contribution is 6.26. The van der Waals surface area contributed by atoms with Gasteiger partial charge in [0.25, 0.3) is 5.91 Å². The predicted molar refractivity (Wildman–Crippen MR) is 156 cm³/mol. The molecule has 3 aromatic carbocycles. The molecule has 0 radical (unpaired) electrons. The topological polar surface area (TPSA) is 88.5 Å². The molecule has 8 heteroatoms. The first-order chi connectivity index (χ1) is 19.9. The van der Waals surface area contributed by atoms with Gasteiger partial charge in [-0.05, 0) is 50.5 Å². The van der Waals surface area contributed by atoms with E-state index in [9.17, 15) is 14.4 Å². The molecule has 2 heterocycles. The van der Waals surface area contributed by atoms with Crippen molar-refractivity contribution >= 4 is 29.2 Å². The summed E-state index contributed by atoms with van der Waals surface area (Å²) in [6.07, 6.45) is 0.509. The number of rotatable bonds is 9. The van der Waals surface area contributed by atoms with Crippen LogP contribution in [0.3, 0.4) is 0 Å². The zero-order chi connectivity index (χ0) is 29.0. The molecular formula is C33H33N3O5. The second kappa shape index (κ2) is 11.8. The summed E-state index contributed by atoms with van der Waals surface area (Å²) in [5.41, 5.74) is 1.40. The van der Waals surface area contributed by atoms with E-state index in [4.69, 9.17) is 14.6 Å². The number of carbonyl (C=O) groups is 3. The van der Waals surface area contributed by atoms with Crippen LogP contribution in [-0.2, 0) is 30.3 Å². The van der Waals surface area contributed by atoms with Gasteiger partial charge in [-0.2, -0.15) is 10.1 Å². The molecule has 8 nitrogen and oxygen atoms in total. The lowest BCUT2D eigenvalue weighted by Gasteiger charge is -2.40. The molecule has 0 saturated carbocycles. The predicted octanol–water partition coefficient (Wildman–Crippen LogP) is 4.87. The van der Waals surface area contributed by atoms with Gasteiger partial charge in [-0.25, -0.2) is 9.59 Å². The van der Waals surface area contributed by atoms with E-state index < -0.39 is 23.4 Å². The number of ether oxygens (including phenoxy) is 2. The van der Waals surface area contributed by atoms with Gasteiger partial charge in [0.15, 0.2) is 5.54 Å². The standard InChI is InChI=1S/C33H33N3O5/c1-4-40-30(37)27-28(25-17-11-7-12-18-25)33(23(3)34-36(32(33)39)26-19-13-8-14-20-26)35(29(27)31(38)41-5-2)22-21-24-15-9-6-10-16-24/h6-20,28H,4-5,21-22H2,1-3H3. The summed E-state index contributed by atoms with van der Waals surface area (Å²) in [5.74, 6) is -2.57. The Morgan fingerprint density at radius 2 is 1.39 bits per heavy atom. The minimum Gasteiger partial charge on any atom is -0.463 e. The van der Waals surface area contributed by atoms with Crippen molar-refractivity contribution in [1.29, 1.82) is 0 Å². The van der Waals surface area contributed by atoms with Crippen LogP contribution in [-0.4, -0.2) is 53.8 Å². The van der Waals surface area contributed by atoms with Crippen LogP contribution in [0.5, 0.6) is 0 Å². The Bertz CT molecular complexity index is 1490. The third-order valence-electron chi connectivity index (χ3n) is 7.54. The second-order valence-electron chi connectivity index (χ2n) is 9.84. The molecule has 210 valence electrons. The average Bonchev–Trinajstić information content (AvgIpc) is 3.45. The van der Waals surface area contributed by atoms with Crippen molar-refractivity contribution in [2.75, 3.05) is 24.8 Å². The van der Waals surface area contributed by atoms with Gasteiger partial charge in [-0.15, -0.1) is 0 Å². The molecule has 3 aromatic rings. The largest absolute Gasteiger partial charge is 0.463 e. The zero-order valence-corrected chi connectivity index (χ0v) is 23.4. The van der Waals surface area contributed by atoms with Crippen LogP contribution in [0.2, 0.25) is 0 Å². The third-order valence-corrected chi connectivity index (χ3v) is 7.54. The van der Waals surface area contributed by atoms with Gasteiger partial charge >= 0.3 is 11.9 Å². The summed E-state index contributed by atoms with van der Waals surface area (Å²) in [7, 11) is 0. The Balaban J connectivity index is 1.77. The molecule has 0 fully saturated rings. The number of para-hydroxylation sites is 1. The molecule has 2 aliphatic rings. The third kappa shape index (κ3) is 4.79. The lowest BCUT2D eigenvalue weighted by molar-refractivity contribution is -0.143. The van der Waals surface area contributed by atoms with E-state index in [1.165, 1.54) is 5.01 Å². The van der Waals surface area contributed by atoms with E-state index in [0.29, 0.717) is 23.4 Å². The number of hydrogen-bond donors (Lipinski definition) is 0. The van der Waals surface area contributed by atoms with Crippen LogP contribution in [0, 0.1) is 0 Å². The molecule has 2 unspecified atom stereocenters. The fraction of sp³-hybridized carbons (Fsp3) is 0.273. The van der Waals surface area contributed by atoms with Crippen molar-refractivity contribution in [3.63, 3.8) is 0 Å². The number of nitrogens with zero attached hydrogens (tertiary/aromatic N) is 3. The van der Waals surface area contributed by atoms with E-state index in [0.717, 1.165) is 5.56 Å². The summed E-state index contributed by atoms with van der Waals surface area (Å²) < 4.78 is 11.1. The number of hydrogen-bond acceptors (Lipinski definition) is 7. The maximum absolute atomic E-state index is 14.8. The highest BCUT2D eigenvalue weighted by atomic mass is 16.5. The molecule has 1 amide bonds. The average molecular weight is 552 g/mol. The maximum atomic E-state index is 14.8. The fourth-order valence-corrected chi connectivity index (χ4v) is 5.87. The Hall–Kier alpha value is -4.72. The van der Waals surface area contributed by atoms with Crippen molar-refractivity contribution in [3.05, 3.63) is 113 Å². The normalized spacial score (nSPS) is 20.0. The van der Waals surface area contributed by atoms with Gasteiger partial charge in [0.1, 0.15) is 5.70 Å². The van der Waals surface area contributed by atoms with Gasteiger partial charge < -0.3 is 14.4 Å². The van der Waals surface area contributed by atoms with Gasteiger partial charge in [0.05, 0.1) is 36.1 Å². The highest BCUT2D eigenvalue weighted by Crippen LogP contribution is 2.53. The Kier molecular flexibility index (Phi) is 8.01. The summed E-state index contributed by atoms with van der Waals surface area (Å²) in [6.45, 7) is 5.66. The number of anilines is 1. The summed E-state index contributed by atoms with van der Waals surface area (Å²) in [6, 6.07) is 28.2. The van der Waals surface area contributed by atoms with Crippen LogP contribution in [0.1, 0.15) is 37.8 Å². The lowest BCUT2D eigenvalue weighted by atomic mass is 9.73. The number of hydrazone groups is 1. The highest BCUT2D eigenvalue weighted by Gasteiger charge is 2.67. The van der Waals surface area contributed by atoms with Crippen molar-refractivity contribution in [2.24, 2.45) is 5.10 Å². The summed E-state index contributed by atoms with van der Waals surface area (Å²) in [5, 5.41) is 6.14. The first-order valence-electron chi connectivity index (χ1n) is 13.8. The van der Waals surface area contributed by atoms with Crippen LogP contribution in [0.15, 0.2) is 107 Å². The first kappa shape index (κ1) is 27.8. The molecule has 41 heavy (non-hydrogen) atoms. The molecule has 2 atom stereocenters. The zero-order valence-electron chi connectivity index (χ0n) is 23.4. The number of benzene rings is 3. The van der Waals surface area contributed by atoms with Crippen molar-refractivity contribution in [2.45, 2.75) is 38.6 Å². The molecule has 0 bridgehead atoms. The summed E-state index contributed by atoms with van der Waals surface area (Å²) >= 11 is 0. The van der Waals surface area contributed by atoms with E-state index in [2.05, 4.69) is 0 Å². The van der Waals surface area contributed by atoms with E-state index in [1.54, 1.807) is 37.8 Å². The second-order valence-corrected chi connectivity index (χ2v) is 9.84. The minimum atomic E-state index is -1.50. The van der Waals surface area contributed by atoms with Crippen LogP contribution >= 0.6 is 0 Å². The SMILES string of the molecule is CCOC(=O)C1=C(C(=O)OCC)N(CCc2ccccc2)C2(C(=O)N(c3ccccc3)N=C2C)C1c1ccccc1. The van der Waals surface area contributed by atoms with E-state index in [-0.39, 0.29) is 36.9 Å². The molecule has 0 saturated heterocycles. The Labute approximate surface area is 239 Å². The molecule has 0 aromatic heterocycles. The minimum absolute atomic E-state index is 0.0351. The smallest absolute Gasteiger partial charge is 0.355 e. The van der Waals surface area contributed by atoms with Gasteiger partial charge in [0, 0.05) is 6.54 Å². The number of amides is 1. The Morgan fingerprint density at radius 1 is 0.829 bits per heavy atom. The van der Waals surface area contributed by atoms with Crippen molar-refractivity contribution in [3.8, 4) is 0 Å². The quantitative estimate of drug-likeness (QED) is 0.353. The molecular weight excluding hydrogens is 518 g/mol. The molecule has 5 rings (SSSR count). The van der Waals surface area contributed by atoms with Crippen LogP contribution in [0.4, 0.5) is 5.69 Å². The van der Waals surface area contributed by atoms with E-state index >= 15 is 0 Å². The maximum Gasteiger partial charge on any atom is 0.355 e. The molecule has 0 aliphatic carbocycles. The monoisotopic (exact) mass is 551 g/mol. The fourth-order valence-electron chi connectivity index (χ4n) is 5.87. The van der Waals surface area contributed by atoms with Gasteiger partial charge in [0.2, 0.25) is 0 Å². The van der Waals surface area contributed by atoms with E-state index in [1.807, 2.05) is 78.9 Å². The first-order valence-corrected chi connectivity index (χ1v) is 13.8. The molecule has 1 spiro atoms.